The summed E-state index contributed by atoms with van der Waals surface area (Å²) >= 11 is 1.35. The van der Waals surface area contributed by atoms with Gasteiger partial charge in [-0.05, 0) is 67.1 Å². The number of thioether (sulfide) groups is 1. The summed E-state index contributed by atoms with van der Waals surface area (Å²) in [7, 11) is 3.09. The van der Waals surface area contributed by atoms with E-state index in [0.717, 1.165) is 16.0 Å². The zero-order valence-electron chi connectivity index (χ0n) is 23.5. The second-order valence-corrected chi connectivity index (χ2v) is 10.2. The number of benzene rings is 4. The van der Waals surface area contributed by atoms with Crippen molar-refractivity contribution in [2.45, 2.75) is 11.8 Å². The van der Waals surface area contributed by atoms with Gasteiger partial charge in [0.05, 0.1) is 25.7 Å². The average Bonchev–Trinajstić information content (AvgIpc) is 3.01. The van der Waals surface area contributed by atoms with Gasteiger partial charge in [0.2, 0.25) is 5.91 Å². The fourth-order valence-electron chi connectivity index (χ4n) is 3.85. The summed E-state index contributed by atoms with van der Waals surface area (Å²) in [6, 6.07) is 28.6. The van der Waals surface area contributed by atoms with E-state index in [9.17, 15) is 14.4 Å². The Morgan fingerprint density at radius 3 is 2.19 bits per heavy atom. The third-order valence-corrected chi connectivity index (χ3v) is 7.09. The summed E-state index contributed by atoms with van der Waals surface area (Å²) in [4.78, 5) is 39.5. The van der Waals surface area contributed by atoms with E-state index in [0.29, 0.717) is 28.4 Å². The van der Waals surface area contributed by atoms with Gasteiger partial charge in [-0.25, -0.2) is 0 Å². The van der Waals surface area contributed by atoms with Crippen molar-refractivity contribution in [3.63, 3.8) is 0 Å². The summed E-state index contributed by atoms with van der Waals surface area (Å²) in [5.74, 6) is 0.246. The first-order valence-corrected chi connectivity index (χ1v) is 14.0. The van der Waals surface area contributed by atoms with E-state index in [1.165, 1.54) is 18.9 Å². The van der Waals surface area contributed by atoms with Crippen LogP contribution in [-0.4, -0.2) is 37.7 Å². The topological polar surface area (TPSA) is 106 Å². The van der Waals surface area contributed by atoms with Crippen molar-refractivity contribution in [2.75, 3.05) is 30.6 Å². The summed E-state index contributed by atoms with van der Waals surface area (Å²) in [5, 5.41) is 8.43. The molecule has 0 saturated heterocycles. The molecule has 8 nitrogen and oxygen atoms in total. The first kappa shape index (κ1) is 30.0. The number of nitrogens with one attached hydrogen (secondary N) is 3. The van der Waals surface area contributed by atoms with Gasteiger partial charge in [-0.1, -0.05) is 48.0 Å². The highest BCUT2D eigenvalue weighted by Crippen LogP contribution is 2.29. The van der Waals surface area contributed by atoms with Crippen LogP contribution in [0.1, 0.15) is 21.5 Å². The fourth-order valence-corrected chi connectivity index (χ4v) is 4.55. The van der Waals surface area contributed by atoms with Crippen LogP contribution in [-0.2, 0) is 9.59 Å². The number of methoxy groups -OCH3 is 2. The Hall–Kier alpha value is -5.02. The van der Waals surface area contributed by atoms with E-state index in [2.05, 4.69) is 16.0 Å². The first-order chi connectivity index (χ1) is 20.3. The SMILES string of the molecule is COc1ccc(OC)c(NC(=O)CSc2ccc(NC(=O)/C(=C/c3ccc(C)cc3)NC(=O)c3ccccc3)cc2)c1. The maximum absolute atomic E-state index is 13.3. The van der Waals surface area contributed by atoms with Gasteiger partial charge in [-0.15, -0.1) is 11.8 Å². The van der Waals surface area contributed by atoms with Crippen molar-refractivity contribution in [3.05, 3.63) is 119 Å². The minimum absolute atomic E-state index is 0.107. The molecule has 0 unspecified atom stereocenters. The molecule has 0 atom stereocenters. The van der Waals surface area contributed by atoms with Gasteiger partial charge < -0.3 is 25.4 Å². The maximum atomic E-state index is 13.3. The molecule has 0 radical (unpaired) electrons. The van der Waals surface area contributed by atoms with Crippen LogP contribution in [0.25, 0.3) is 6.08 Å². The molecule has 3 N–H and O–H groups in total. The fraction of sp³-hybridized carbons (Fsp3) is 0.121. The summed E-state index contributed by atoms with van der Waals surface area (Å²) in [6.07, 6.45) is 1.63. The molecule has 0 heterocycles. The highest BCUT2D eigenvalue weighted by atomic mass is 32.2. The van der Waals surface area contributed by atoms with Gasteiger partial charge in [0.25, 0.3) is 11.8 Å². The van der Waals surface area contributed by atoms with Gasteiger partial charge in [-0.2, -0.15) is 0 Å². The van der Waals surface area contributed by atoms with Crippen LogP contribution in [0.2, 0.25) is 0 Å². The molecule has 0 bridgehead atoms. The van der Waals surface area contributed by atoms with Crippen LogP contribution in [0, 0.1) is 6.92 Å². The molecule has 0 saturated carbocycles. The van der Waals surface area contributed by atoms with Crippen LogP contribution in [0.3, 0.4) is 0 Å². The third kappa shape index (κ3) is 8.49. The predicted molar refractivity (Wildman–Crippen MR) is 167 cm³/mol. The van der Waals surface area contributed by atoms with E-state index in [1.807, 2.05) is 49.4 Å². The van der Waals surface area contributed by atoms with Crippen molar-refractivity contribution in [3.8, 4) is 11.5 Å². The second-order valence-electron chi connectivity index (χ2n) is 9.17. The van der Waals surface area contributed by atoms with Gasteiger partial charge in [0.15, 0.2) is 0 Å². The molecule has 4 aromatic carbocycles. The molecule has 0 aliphatic heterocycles. The standard InChI is InChI=1S/C33H31N3O5S/c1-22-9-11-23(12-10-22)19-29(36-32(38)24-7-5-4-6-8-24)33(39)34-25-13-16-27(17-14-25)42-21-31(37)35-28-20-26(40-2)15-18-30(28)41-3/h4-20H,21H2,1-3H3,(H,34,39)(H,35,37)(H,36,38)/b29-19-. The highest BCUT2D eigenvalue weighted by Gasteiger charge is 2.15. The van der Waals surface area contributed by atoms with Crippen molar-refractivity contribution in [1.29, 1.82) is 0 Å². The molecule has 0 aromatic heterocycles. The zero-order valence-corrected chi connectivity index (χ0v) is 24.3. The number of hydrogen-bond acceptors (Lipinski definition) is 6. The Bertz CT molecular complexity index is 1570. The summed E-state index contributed by atoms with van der Waals surface area (Å²) < 4.78 is 10.5. The van der Waals surface area contributed by atoms with Gasteiger partial charge >= 0.3 is 0 Å². The Morgan fingerprint density at radius 1 is 0.810 bits per heavy atom. The number of rotatable bonds is 11. The molecule has 0 aliphatic rings. The smallest absolute Gasteiger partial charge is 0.272 e. The molecule has 0 aliphatic carbocycles. The number of ether oxygens (including phenoxy) is 2. The van der Waals surface area contributed by atoms with Gasteiger partial charge in [0.1, 0.15) is 17.2 Å². The van der Waals surface area contributed by atoms with E-state index in [-0.39, 0.29) is 23.3 Å². The van der Waals surface area contributed by atoms with Crippen LogP contribution in [0.5, 0.6) is 11.5 Å². The van der Waals surface area contributed by atoms with Crippen LogP contribution < -0.4 is 25.4 Å². The largest absolute Gasteiger partial charge is 0.497 e. The first-order valence-electron chi connectivity index (χ1n) is 13.1. The Balaban J connectivity index is 1.40. The molecule has 9 heteroatoms. The number of carbonyl (C=O) groups excluding carboxylic acids is 3. The van der Waals surface area contributed by atoms with Crippen LogP contribution in [0.4, 0.5) is 11.4 Å². The van der Waals surface area contributed by atoms with Crippen molar-refractivity contribution in [1.82, 2.24) is 5.32 Å². The summed E-state index contributed by atoms with van der Waals surface area (Å²) in [5.41, 5.74) is 3.47. The van der Waals surface area contributed by atoms with Gasteiger partial charge in [0, 0.05) is 22.2 Å². The van der Waals surface area contributed by atoms with Gasteiger partial charge in [-0.3, -0.25) is 14.4 Å². The molecule has 0 spiro atoms. The second kappa shape index (κ2) is 14.6. The van der Waals surface area contributed by atoms with Crippen LogP contribution >= 0.6 is 11.8 Å². The molecule has 42 heavy (non-hydrogen) atoms. The quantitative estimate of drug-likeness (QED) is 0.145. The molecular weight excluding hydrogens is 550 g/mol. The number of anilines is 2. The van der Waals surface area contributed by atoms with E-state index in [4.69, 9.17) is 9.47 Å². The molecule has 214 valence electrons. The normalized spacial score (nSPS) is 10.9. The Kier molecular flexibility index (Phi) is 10.4. The van der Waals surface area contributed by atoms with Crippen LogP contribution in [0.15, 0.2) is 108 Å². The molecule has 4 aromatic rings. The monoisotopic (exact) mass is 581 g/mol. The number of hydrogen-bond donors (Lipinski definition) is 3. The highest BCUT2D eigenvalue weighted by molar-refractivity contribution is 8.00. The minimum atomic E-state index is -0.466. The third-order valence-electron chi connectivity index (χ3n) is 6.08. The number of amides is 3. The Labute approximate surface area is 249 Å². The molecule has 4 rings (SSSR count). The molecular formula is C33H31N3O5S. The van der Waals surface area contributed by atoms with Crippen molar-refractivity contribution < 1.29 is 23.9 Å². The Morgan fingerprint density at radius 2 is 1.52 bits per heavy atom. The summed E-state index contributed by atoms with van der Waals surface area (Å²) in [6.45, 7) is 1.98. The van der Waals surface area contributed by atoms with Crippen molar-refractivity contribution >= 4 is 46.9 Å². The van der Waals surface area contributed by atoms with E-state index < -0.39 is 5.91 Å². The van der Waals surface area contributed by atoms with E-state index >= 15 is 0 Å². The lowest BCUT2D eigenvalue weighted by Crippen LogP contribution is -2.30. The molecule has 3 amide bonds. The predicted octanol–water partition coefficient (Wildman–Crippen LogP) is 6.15. The number of aryl methyl sites for hydroxylation is 1. The minimum Gasteiger partial charge on any atom is -0.497 e. The van der Waals surface area contributed by atoms with Crippen molar-refractivity contribution in [2.24, 2.45) is 0 Å². The lowest BCUT2D eigenvalue weighted by molar-refractivity contribution is -0.114. The average molecular weight is 582 g/mol. The lowest BCUT2D eigenvalue weighted by atomic mass is 10.1. The maximum Gasteiger partial charge on any atom is 0.272 e. The van der Waals surface area contributed by atoms with E-state index in [1.54, 1.807) is 67.8 Å². The zero-order chi connectivity index (χ0) is 29.9. The molecule has 0 fully saturated rings. The number of carbonyl (C=O) groups is 3. The lowest BCUT2D eigenvalue weighted by Gasteiger charge is -2.12.